The van der Waals surface area contributed by atoms with E-state index in [1.165, 1.54) is 12.0 Å². The molecule has 1 rings (SSSR count). The Bertz CT molecular complexity index is 366. The van der Waals surface area contributed by atoms with E-state index < -0.39 is 5.97 Å². The summed E-state index contributed by atoms with van der Waals surface area (Å²) in [6.07, 6.45) is 7.04. The van der Waals surface area contributed by atoms with Gasteiger partial charge in [-0.3, -0.25) is 9.59 Å². The lowest BCUT2D eigenvalue weighted by molar-refractivity contribution is -0.140. The average molecular weight is 267 g/mol. The zero-order valence-corrected chi connectivity index (χ0v) is 12.2. The lowest BCUT2D eigenvalue weighted by Crippen LogP contribution is -2.46. The van der Waals surface area contributed by atoms with E-state index in [9.17, 15) is 9.59 Å². The third-order valence-corrected chi connectivity index (χ3v) is 3.42. The van der Waals surface area contributed by atoms with Crippen molar-refractivity contribution in [2.75, 3.05) is 6.54 Å². The zero-order chi connectivity index (χ0) is 14.5. The molecule has 0 unspecified atom stereocenters. The number of carboxylic acids is 1. The summed E-state index contributed by atoms with van der Waals surface area (Å²) < 4.78 is 0. The standard InChI is InChI=1S/C15H25NO3/c1-15(2,3)16(10-9-14(18)19)13(17)11-12-7-5-4-6-8-12/h7H,4-6,8-11H2,1-3H3,(H,18,19). The van der Waals surface area contributed by atoms with Gasteiger partial charge in [0.15, 0.2) is 0 Å². The van der Waals surface area contributed by atoms with Crippen molar-refractivity contribution >= 4 is 11.9 Å². The Hall–Kier alpha value is -1.32. The summed E-state index contributed by atoms with van der Waals surface area (Å²) in [6, 6.07) is 0. The third kappa shape index (κ3) is 5.45. The minimum atomic E-state index is -0.862. The Labute approximate surface area is 115 Å². The van der Waals surface area contributed by atoms with Gasteiger partial charge < -0.3 is 10.0 Å². The zero-order valence-electron chi connectivity index (χ0n) is 12.2. The molecule has 4 heteroatoms. The van der Waals surface area contributed by atoms with Crippen molar-refractivity contribution in [3.8, 4) is 0 Å². The molecule has 4 nitrogen and oxygen atoms in total. The molecule has 0 radical (unpaired) electrons. The van der Waals surface area contributed by atoms with E-state index >= 15 is 0 Å². The number of aliphatic carboxylic acids is 1. The number of carbonyl (C=O) groups is 2. The highest BCUT2D eigenvalue weighted by molar-refractivity contribution is 5.80. The fourth-order valence-corrected chi connectivity index (χ4v) is 2.40. The molecule has 0 atom stereocenters. The van der Waals surface area contributed by atoms with E-state index in [0.29, 0.717) is 6.42 Å². The summed E-state index contributed by atoms with van der Waals surface area (Å²) in [5.74, 6) is -0.819. The van der Waals surface area contributed by atoms with Gasteiger partial charge in [-0.05, 0) is 46.5 Å². The summed E-state index contributed by atoms with van der Waals surface area (Å²) >= 11 is 0. The second-order valence-electron chi connectivity index (χ2n) is 6.14. The Morgan fingerprint density at radius 3 is 2.47 bits per heavy atom. The predicted octanol–water partition coefficient (Wildman–Crippen LogP) is 2.98. The van der Waals surface area contributed by atoms with Crippen molar-refractivity contribution in [2.45, 2.75) is 64.8 Å². The summed E-state index contributed by atoms with van der Waals surface area (Å²) in [5.41, 5.74) is 0.878. The molecule has 0 heterocycles. The van der Waals surface area contributed by atoms with E-state index in [-0.39, 0.29) is 24.4 Å². The number of carboxylic acid groups (broad SMARTS) is 1. The van der Waals surface area contributed by atoms with Gasteiger partial charge in [0, 0.05) is 18.5 Å². The van der Waals surface area contributed by atoms with E-state index in [1.807, 2.05) is 20.8 Å². The number of amides is 1. The van der Waals surface area contributed by atoms with Crippen molar-refractivity contribution in [2.24, 2.45) is 0 Å². The second-order valence-corrected chi connectivity index (χ2v) is 6.14. The van der Waals surface area contributed by atoms with Crippen LogP contribution in [0.3, 0.4) is 0 Å². The van der Waals surface area contributed by atoms with Crippen LogP contribution >= 0.6 is 0 Å². The normalized spacial score (nSPS) is 15.8. The van der Waals surface area contributed by atoms with Crippen molar-refractivity contribution in [3.05, 3.63) is 11.6 Å². The van der Waals surface area contributed by atoms with Crippen LogP contribution in [0.1, 0.15) is 59.3 Å². The van der Waals surface area contributed by atoms with Gasteiger partial charge in [-0.15, -0.1) is 0 Å². The van der Waals surface area contributed by atoms with Crippen molar-refractivity contribution in [1.29, 1.82) is 0 Å². The van der Waals surface area contributed by atoms with Gasteiger partial charge in [0.05, 0.1) is 6.42 Å². The molecule has 0 fully saturated rings. The Kier molecular flexibility index (Phi) is 5.58. The number of hydrogen-bond acceptors (Lipinski definition) is 2. The number of nitrogens with zero attached hydrogens (tertiary/aromatic N) is 1. The summed E-state index contributed by atoms with van der Waals surface area (Å²) in [6.45, 7) is 6.12. The number of hydrogen-bond donors (Lipinski definition) is 1. The highest BCUT2D eigenvalue weighted by Crippen LogP contribution is 2.23. The molecule has 0 saturated heterocycles. The second kappa shape index (κ2) is 6.73. The quantitative estimate of drug-likeness (QED) is 0.779. The maximum atomic E-state index is 12.4. The van der Waals surface area contributed by atoms with Crippen LogP contribution in [0, 0.1) is 0 Å². The highest BCUT2D eigenvalue weighted by atomic mass is 16.4. The van der Waals surface area contributed by atoms with E-state index in [0.717, 1.165) is 19.3 Å². The van der Waals surface area contributed by atoms with Gasteiger partial charge in [0.25, 0.3) is 0 Å². The molecule has 0 bridgehead atoms. The van der Waals surface area contributed by atoms with Crippen LogP contribution in [-0.2, 0) is 9.59 Å². The van der Waals surface area contributed by atoms with Crippen LogP contribution in [0.5, 0.6) is 0 Å². The van der Waals surface area contributed by atoms with Crippen LogP contribution in [0.25, 0.3) is 0 Å². The van der Waals surface area contributed by atoms with Gasteiger partial charge in [0.1, 0.15) is 0 Å². The monoisotopic (exact) mass is 267 g/mol. The summed E-state index contributed by atoms with van der Waals surface area (Å²) in [5, 5.41) is 8.78. The van der Waals surface area contributed by atoms with Gasteiger partial charge in [-0.1, -0.05) is 11.6 Å². The molecular weight excluding hydrogens is 242 g/mol. The molecular formula is C15H25NO3. The van der Waals surface area contributed by atoms with Crippen LogP contribution < -0.4 is 0 Å². The molecule has 1 aliphatic carbocycles. The molecule has 0 aliphatic heterocycles. The first-order valence-electron chi connectivity index (χ1n) is 7.01. The maximum Gasteiger partial charge on any atom is 0.305 e. The maximum absolute atomic E-state index is 12.4. The van der Waals surface area contributed by atoms with Gasteiger partial charge in [-0.25, -0.2) is 0 Å². The molecule has 1 amide bonds. The first kappa shape index (κ1) is 15.7. The first-order valence-corrected chi connectivity index (χ1v) is 7.01. The van der Waals surface area contributed by atoms with E-state index in [4.69, 9.17) is 5.11 Å². The summed E-state index contributed by atoms with van der Waals surface area (Å²) in [4.78, 5) is 24.7. The number of allylic oxidation sites excluding steroid dienone is 1. The molecule has 0 saturated carbocycles. The molecule has 19 heavy (non-hydrogen) atoms. The van der Waals surface area contributed by atoms with Crippen LogP contribution in [-0.4, -0.2) is 34.0 Å². The largest absolute Gasteiger partial charge is 0.481 e. The Balaban J connectivity index is 2.65. The minimum Gasteiger partial charge on any atom is -0.481 e. The molecule has 0 aromatic heterocycles. The Morgan fingerprint density at radius 2 is 2.00 bits per heavy atom. The van der Waals surface area contributed by atoms with E-state index in [1.54, 1.807) is 4.90 Å². The third-order valence-electron chi connectivity index (χ3n) is 3.42. The topological polar surface area (TPSA) is 57.6 Å². The predicted molar refractivity (Wildman–Crippen MR) is 74.9 cm³/mol. The van der Waals surface area contributed by atoms with Crippen molar-refractivity contribution in [3.63, 3.8) is 0 Å². The lowest BCUT2D eigenvalue weighted by Gasteiger charge is -2.36. The van der Waals surface area contributed by atoms with Gasteiger partial charge in [-0.2, -0.15) is 0 Å². The van der Waals surface area contributed by atoms with Crippen molar-refractivity contribution < 1.29 is 14.7 Å². The molecule has 0 spiro atoms. The molecule has 108 valence electrons. The molecule has 1 N–H and O–H groups in total. The number of carbonyl (C=O) groups excluding carboxylic acids is 1. The van der Waals surface area contributed by atoms with Crippen molar-refractivity contribution in [1.82, 2.24) is 4.90 Å². The van der Waals surface area contributed by atoms with Crippen LogP contribution in [0.2, 0.25) is 0 Å². The highest BCUT2D eigenvalue weighted by Gasteiger charge is 2.27. The van der Waals surface area contributed by atoms with Gasteiger partial charge >= 0.3 is 5.97 Å². The minimum absolute atomic E-state index is 0.00204. The average Bonchev–Trinajstić information content (AvgIpc) is 2.28. The molecule has 1 aliphatic rings. The van der Waals surface area contributed by atoms with Crippen LogP contribution in [0.4, 0.5) is 0 Å². The fourth-order valence-electron chi connectivity index (χ4n) is 2.40. The van der Waals surface area contributed by atoms with Gasteiger partial charge in [0.2, 0.25) is 5.91 Å². The summed E-state index contributed by atoms with van der Waals surface area (Å²) in [7, 11) is 0. The number of rotatable bonds is 5. The van der Waals surface area contributed by atoms with Crippen LogP contribution in [0.15, 0.2) is 11.6 Å². The van der Waals surface area contributed by atoms with E-state index in [2.05, 4.69) is 6.08 Å². The first-order chi connectivity index (χ1) is 8.80. The lowest BCUT2D eigenvalue weighted by atomic mass is 9.95. The molecule has 0 aromatic rings. The smallest absolute Gasteiger partial charge is 0.305 e. The molecule has 0 aromatic carbocycles. The Morgan fingerprint density at radius 1 is 1.32 bits per heavy atom. The SMILES string of the molecule is CC(C)(C)N(CCC(=O)O)C(=O)CC1=CCCCC1. The fraction of sp³-hybridized carbons (Fsp3) is 0.733.